The summed E-state index contributed by atoms with van der Waals surface area (Å²) in [5.41, 5.74) is 10.2. The summed E-state index contributed by atoms with van der Waals surface area (Å²) in [6.07, 6.45) is 0. The molecule has 96 valence electrons. The van der Waals surface area contributed by atoms with E-state index in [1.54, 1.807) is 0 Å². The molecular formula is C16H16N2O. The van der Waals surface area contributed by atoms with E-state index in [1.807, 2.05) is 51.1 Å². The third kappa shape index (κ3) is 2.69. The molecule has 0 amide bonds. The molecule has 0 heterocycles. The topological polar surface area (TPSA) is 59.0 Å². The molecule has 0 saturated heterocycles. The van der Waals surface area contributed by atoms with Gasteiger partial charge in [-0.2, -0.15) is 5.26 Å². The van der Waals surface area contributed by atoms with E-state index in [0.29, 0.717) is 17.0 Å². The van der Waals surface area contributed by atoms with Crippen molar-refractivity contribution in [3.8, 4) is 17.6 Å². The molecule has 0 saturated carbocycles. The average molecular weight is 252 g/mol. The second-order valence-electron chi connectivity index (χ2n) is 4.69. The van der Waals surface area contributed by atoms with E-state index in [0.717, 1.165) is 22.4 Å². The van der Waals surface area contributed by atoms with Gasteiger partial charge in [-0.3, -0.25) is 0 Å². The van der Waals surface area contributed by atoms with E-state index >= 15 is 0 Å². The Morgan fingerprint density at radius 2 is 1.68 bits per heavy atom. The van der Waals surface area contributed by atoms with Crippen LogP contribution in [0.4, 0.5) is 5.69 Å². The monoisotopic (exact) mass is 252 g/mol. The Morgan fingerprint density at radius 3 is 2.21 bits per heavy atom. The maximum absolute atomic E-state index is 8.93. The quantitative estimate of drug-likeness (QED) is 0.826. The van der Waals surface area contributed by atoms with Crippen molar-refractivity contribution in [3.63, 3.8) is 0 Å². The van der Waals surface area contributed by atoms with Crippen LogP contribution in [0.25, 0.3) is 0 Å². The van der Waals surface area contributed by atoms with E-state index in [2.05, 4.69) is 6.07 Å². The molecule has 2 aromatic rings. The highest BCUT2D eigenvalue weighted by atomic mass is 16.5. The van der Waals surface area contributed by atoms with Crippen molar-refractivity contribution in [1.82, 2.24) is 0 Å². The number of nitrogen functional groups attached to an aromatic ring is 1. The van der Waals surface area contributed by atoms with E-state index in [-0.39, 0.29) is 0 Å². The number of hydrogen-bond acceptors (Lipinski definition) is 3. The van der Waals surface area contributed by atoms with Crippen LogP contribution in [0.5, 0.6) is 11.5 Å². The number of rotatable bonds is 2. The summed E-state index contributed by atoms with van der Waals surface area (Å²) < 4.78 is 5.89. The minimum absolute atomic E-state index is 0.614. The fourth-order valence-corrected chi connectivity index (χ4v) is 2.05. The van der Waals surface area contributed by atoms with Crippen molar-refractivity contribution in [1.29, 1.82) is 5.26 Å². The van der Waals surface area contributed by atoms with E-state index in [4.69, 9.17) is 15.7 Å². The third-order valence-corrected chi connectivity index (χ3v) is 2.97. The lowest BCUT2D eigenvalue weighted by Crippen LogP contribution is -1.96. The number of anilines is 1. The Labute approximate surface area is 113 Å². The molecule has 3 heteroatoms. The second-order valence-corrected chi connectivity index (χ2v) is 4.69. The predicted octanol–water partition coefficient (Wildman–Crippen LogP) is 3.86. The fraction of sp³-hybridized carbons (Fsp3) is 0.188. The molecule has 0 bridgehead atoms. The molecule has 19 heavy (non-hydrogen) atoms. The van der Waals surface area contributed by atoms with Crippen LogP contribution in [0, 0.1) is 32.1 Å². The first-order chi connectivity index (χ1) is 9.01. The number of nitrogens with two attached hydrogens (primary N) is 1. The van der Waals surface area contributed by atoms with Gasteiger partial charge in [0.15, 0.2) is 0 Å². The van der Waals surface area contributed by atoms with Crippen LogP contribution in [0.1, 0.15) is 22.3 Å². The predicted molar refractivity (Wildman–Crippen MR) is 76.3 cm³/mol. The van der Waals surface area contributed by atoms with Gasteiger partial charge in [-0.15, -0.1) is 0 Å². The number of ether oxygens (including phenoxy) is 1. The van der Waals surface area contributed by atoms with Crippen molar-refractivity contribution in [2.24, 2.45) is 0 Å². The summed E-state index contributed by atoms with van der Waals surface area (Å²) in [5.74, 6) is 1.40. The molecule has 0 aliphatic heterocycles. The summed E-state index contributed by atoms with van der Waals surface area (Å²) in [6.45, 7) is 5.83. The molecule has 2 N–H and O–H groups in total. The van der Waals surface area contributed by atoms with Crippen molar-refractivity contribution in [3.05, 3.63) is 52.6 Å². The van der Waals surface area contributed by atoms with Crippen molar-refractivity contribution in [2.75, 3.05) is 5.73 Å². The van der Waals surface area contributed by atoms with E-state index < -0.39 is 0 Å². The molecule has 0 spiro atoms. The third-order valence-electron chi connectivity index (χ3n) is 2.97. The van der Waals surface area contributed by atoms with Gasteiger partial charge in [0.05, 0.1) is 17.3 Å². The van der Waals surface area contributed by atoms with Gasteiger partial charge in [-0.1, -0.05) is 6.07 Å². The van der Waals surface area contributed by atoms with Gasteiger partial charge in [0.25, 0.3) is 0 Å². The highest BCUT2D eigenvalue weighted by Gasteiger charge is 2.09. The van der Waals surface area contributed by atoms with Crippen LogP contribution in [0.15, 0.2) is 30.3 Å². The van der Waals surface area contributed by atoms with Gasteiger partial charge < -0.3 is 10.5 Å². The van der Waals surface area contributed by atoms with Gasteiger partial charge in [0.1, 0.15) is 11.5 Å². The van der Waals surface area contributed by atoms with Crippen LogP contribution < -0.4 is 10.5 Å². The molecule has 3 nitrogen and oxygen atoms in total. The lowest BCUT2D eigenvalue weighted by atomic mass is 10.1. The number of nitrogens with zero attached hydrogens (tertiary/aromatic N) is 1. The van der Waals surface area contributed by atoms with Gasteiger partial charge in [0, 0.05) is 0 Å². The summed E-state index contributed by atoms with van der Waals surface area (Å²) in [5, 5.41) is 8.93. The van der Waals surface area contributed by atoms with Crippen LogP contribution in [-0.4, -0.2) is 0 Å². The van der Waals surface area contributed by atoms with E-state index in [9.17, 15) is 0 Å². The van der Waals surface area contributed by atoms with E-state index in [1.165, 1.54) is 0 Å². The first-order valence-electron chi connectivity index (χ1n) is 6.06. The first kappa shape index (κ1) is 13.0. The van der Waals surface area contributed by atoms with Crippen molar-refractivity contribution in [2.45, 2.75) is 20.8 Å². The molecule has 0 atom stereocenters. The largest absolute Gasteiger partial charge is 0.455 e. The Kier molecular flexibility index (Phi) is 3.43. The zero-order chi connectivity index (χ0) is 14.0. The fourth-order valence-electron chi connectivity index (χ4n) is 2.05. The lowest BCUT2D eigenvalue weighted by molar-refractivity contribution is 0.477. The Morgan fingerprint density at radius 1 is 1.05 bits per heavy atom. The molecule has 0 fully saturated rings. The average Bonchev–Trinajstić information content (AvgIpc) is 2.35. The van der Waals surface area contributed by atoms with Crippen LogP contribution in [-0.2, 0) is 0 Å². The molecule has 2 aromatic carbocycles. The molecule has 2 rings (SSSR count). The zero-order valence-electron chi connectivity index (χ0n) is 11.3. The lowest BCUT2D eigenvalue weighted by Gasteiger charge is -2.14. The summed E-state index contributed by atoms with van der Waals surface area (Å²) in [6, 6.07) is 11.5. The Bertz CT molecular complexity index is 646. The van der Waals surface area contributed by atoms with Gasteiger partial charge in [-0.25, -0.2) is 0 Å². The van der Waals surface area contributed by atoms with Crippen molar-refractivity contribution >= 4 is 5.69 Å². The molecule has 0 radical (unpaired) electrons. The molecular weight excluding hydrogens is 236 g/mol. The van der Waals surface area contributed by atoms with Gasteiger partial charge in [-0.05, 0) is 61.7 Å². The smallest absolute Gasteiger partial charge is 0.150 e. The highest BCUT2D eigenvalue weighted by molar-refractivity contribution is 5.57. The van der Waals surface area contributed by atoms with Crippen LogP contribution >= 0.6 is 0 Å². The maximum atomic E-state index is 8.93. The summed E-state index contributed by atoms with van der Waals surface area (Å²) in [7, 11) is 0. The number of benzene rings is 2. The standard InChI is InChI=1S/C16H16N2O/c1-10-4-5-15(14(18)6-10)19-16-11(2)7-13(9-17)8-12(16)3/h4-8H,18H2,1-3H3. The normalized spacial score (nSPS) is 10.0. The van der Waals surface area contributed by atoms with Gasteiger partial charge >= 0.3 is 0 Å². The minimum Gasteiger partial charge on any atom is -0.455 e. The first-order valence-corrected chi connectivity index (χ1v) is 6.06. The second kappa shape index (κ2) is 5.03. The highest BCUT2D eigenvalue weighted by Crippen LogP contribution is 2.33. The van der Waals surface area contributed by atoms with Crippen LogP contribution in [0.3, 0.4) is 0 Å². The van der Waals surface area contributed by atoms with Gasteiger partial charge in [0.2, 0.25) is 0 Å². The summed E-state index contributed by atoms with van der Waals surface area (Å²) in [4.78, 5) is 0. The SMILES string of the molecule is Cc1ccc(Oc2c(C)cc(C#N)cc2C)c(N)c1. The van der Waals surface area contributed by atoms with Crippen molar-refractivity contribution < 1.29 is 4.74 Å². The molecule has 0 unspecified atom stereocenters. The Balaban J connectivity index is 2.41. The maximum Gasteiger partial charge on any atom is 0.150 e. The van der Waals surface area contributed by atoms with Crippen LogP contribution in [0.2, 0.25) is 0 Å². The number of hydrogen-bond donors (Lipinski definition) is 1. The zero-order valence-corrected chi connectivity index (χ0v) is 11.3. The molecule has 0 aliphatic rings. The molecule has 0 aliphatic carbocycles. The number of nitriles is 1. The molecule has 0 aromatic heterocycles. The number of aryl methyl sites for hydroxylation is 3. The summed E-state index contributed by atoms with van der Waals surface area (Å²) >= 11 is 0. The minimum atomic E-state index is 0.614. The Hall–Kier alpha value is -2.47.